The predicted octanol–water partition coefficient (Wildman–Crippen LogP) is 3.85. The number of fused-ring (bicyclic) bond motifs is 1. The number of rotatable bonds is 5. The second-order valence-corrected chi connectivity index (χ2v) is 8.27. The lowest BCUT2D eigenvalue weighted by atomic mass is 10.00. The molecular weight excluding hydrogens is 405 g/mol. The Morgan fingerprint density at radius 2 is 2.12 bits per heavy atom. The van der Waals surface area contributed by atoms with E-state index in [-0.39, 0.29) is 5.56 Å². The molecule has 1 fully saturated rings. The van der Waals surface area contributed by atoms with Crippen molar-refractivity contribution in [2.75, 3.05) is 25.0 Å². The number of nitriles is 1. The Morgan fingerprint density at radius 1 is 1.22 bits per heavy atom. The maximum Gasteiger partial charge on any atom is 0.149 e. The van der Waals surface area contributed by atoms with Crippen molar-refractivity contribution in [2.24, 2.45) is 13.0 Å². The number of piperidine rings is 1. The maximum atomic E-state index is 14.4. The van der Waals surface area contributed by atoms with Crippen LogP contribution in [0.3, 0.4) is 0 Å². The number of benzene rings is 2. The molecule has 1 aliphatic rings. The van der Waals surface area contributed by atoms with Crippen molar-refractivity contribution in [3.8, 4) is 23.0 Å². The Labute approximate surface area is 185 Å². The van der Waals surface area contributed by atoms with E-state index in [9.17, 15) is 4.39 Å². The molecule has 32 heavy (non-hydrogen) atoms. The molecule has 0 aliphatic carbocycles. The number of hydrogen-bond acceptors (Lipinski definition) is 5. The van der Waals surface area contributed by atoms with Gasteiger partial charge >= 0.3 is 0 Å². The Balaban J connectivity index is 1.54. The van der Waals surface area contributed by atoms with Crippen LogP contribution in [0.1, 0.15) is 18.4 Å². The van der Waals surface area contributed by atoms with E-state index in [1.54, 1.807) is 10.7 Å². The molecule has 0 spiro atoms. The van der Waals surface area contributed by atoms with Gasteiger partial charge in [-0.15, -0.1) is 5.10 Å². The van der Waals surface area contributed by atoms with Gasteiger partial charge in [0.2, 0.25) is 0 Å². The first-order chi connectivity index (χ1) is 15.6. The molecule has 1 unspecified atom stereocenters. The minimum Gasteiger partial charge on any atom is -0.368 e. The molecule has 2 aromatic carbocycles. The van der Waals surface area contributed by atoms with Crippen LogP contribution in [0.4, 0.5) is 10.2 Å². The number of halogens is 1. The molecule has 1 atom stereocenters. The normalized spacial score (nSPS) is 16.2. The van der Waals surface area contributed by atoms with Crippen LogP contribution in [0, 0.1) is 23.1 Å². The topological polar surface area (TPSA) is 83.5 Å². The third-order valence-electron chi connectivity index (χ3n) is 5.91. The molecule has 162 valence electrons. The van der Waals surface area contributed by atoms with Crippen LogP contribution < -0.4 is 10.6 Å². The number of nitrogens with one attached hydrogen (secondary N) is 2. The maximum absolute atomic E-state index is 14.4. The van der Waals surface area contributed by atoms with Gasteiger partial charge in [-0.05, 0) is 62.2 Å². The Morgan fingerprint density at radius 3 is 2.91 bits per heavy atom. The van der Waals surface area contributed by atoms with Crippen molar-refractivity contribution >= 4 is 16.7 Å². The molecule has 4 aromatic rings. The summed E-state index contributed by atoms with van der Waals surface area (Å²) in [5.41, 5.74) is 3.20. The summed E-state index contributed by atoms with van der Waals surface area (Å²) >= 11 is 0. The number of hydrogen-bond donors (Lipinski definition) is 2. The van der Waals surface area contributed by atoms with Gasteiger partial charge in [-0.3, -0.25) is 4.68 Å². The monoisotopic (exact) mass is 429 g/mol. The van der Waals surface area contributed by atoms with Gasteiger partial charge in [-0.2, -0.15) is 10.4 Å². The van der Waals surface area contributed by atoms with E-state index in [4.69, 9.17) is 10.4 Å². The average Bonchev–Trinajstić information content (AvgIpc) is 3.40. The van der Waals surface area contributed by atoms with Gasteiger partial charge in [0, 0.05) is 36.8 Å². The fourth-order valence-electron chi connectivity index (χ4n) is 4.25. The molecule has 1 saturated heterocycles. The highest BCUT2D eigenvalue weighted by atomic mass is 19.1. The van der Waals surface area contributed by atoms with Crippen molar-refractivity contribution in [1.29, 1.82) is 5.26 Å². The van der Waals surface area contributed by atoms with E-state index in [1.165, 1.54) is 25.0 Å². The van der Waals surface area contributed by atoms with E-state index < -0.39 is 5.82 Å². The molecule has 3 heterocycles. The minimum absolute atomic E-state index is 0.0275. The van der Waals surface area contributed by atoms with Gasteiger partial charge in [0.25, 0.3) is 0 Å². The predicted molar refractivity (Wildman–Crippen MR) is 122 cm³/mol. The zero-order chi connectivity index (χ0) is 22.1. The van der Waals surface area contributed by atoms with Crippen molar-refractivity contribution in [3.63, 3.8) is 0 Å². The van der Waals surface area contributed by atoms with Crippen molar-refractivity contribution in [2.45, 2.75) is 12.8 Å². The molecule has 0 amide bonds. The fourth-order valence-corrected chi connectivity index (χ4v) is 4.25. The lowest BCUT2D eigenvalue weighted by Gasteiger charge is -2.22. The zero-order valence-electron chi connectivity index (χ0n) is 17.8. The highest BCUT2D eigenvalue weighted by molar-refractivity contribution is 5.81. The summed E-state index contributed by atoms with van der Waals surface area (Å²) in [6.07, 6.45) is 4.33. The van der Waals surface area contributed by atoms with Crippen LogP contribution in [0.25, 0.3) is 27.8 Å². The number of anilines is 1. The van der Waals surface area contributed by atoms with E-state index in [2.05, 4.69) is 15.7 Å². The quantitative estimate of drug-likeness (QED) is 0.504. The second-order valence-electron chi connectivity index (χ2n) is 8.27. The molecule has 1 aliphatic heterocycles. The van der Waals surface area contributed by atoms with Gasteiger partial charge in [-0.1, -0.05) is 6.07 Å². The summed E-state index contributed by atoms with van der Waals surface area (Å²) in [7, 11) is 1.89. The van der Waals surface area contributed by atoms with Gasteiger partial charge < -0.3 is 10.6 Å². The van der Waals surface area contributed by atoms with Crippen LogP contribution in [-0.4, -0.2) is 39.2 Å². The molecule has 8 heteroatoms. The first kappa shape index (κ1) is 20.2. The molecule has 0 saturated carbocycles. The Kier molecular flexibility index (Phi) is 5.33. The van der Waals surface area contributed by atoms with E-state index in [1.807, 2.05) is 48.3 Å². The highest BCUT2D eigenvalue weighted by Gasteiger charge is 2.17. The molecule has 0 bridgehead atoms. The van der Waals surface area contributed by atoms with E-state index in [0.29, 0.717) is 11.5 Å². The summed E-state index contributed by atoms with van der Waals surface area (Å²) < 4.78 is 18.0. The van der Waals surface area contributed by atoms with Crippen LogP contribution in [0.2, 0.25) is 0 Å². The summed E-state index contributed by atoms with van der Waals surface area (Å²) in [4.78, 5) is 0. The van der Waals surface area contributed by atoms with Crippen molar-refractivity contribution in [3.05, 3.63) is 60.0 Å². The highest BCUT2D eigenvalue weighted by Crippen LogP contribution is 2.29. The largest absolute Gasteiger partial charge is 0.368 e. The first-order valence-corrected chi connectivity index (χ1v) is 10.8. The third kappa shape index (κ3) is 3.95. The first-order valence-electron chi connectivity index (χ1n) is 10.8. The van der Waals surface area contributed by atoms with Crippen LogP contribution in [0.15, 0.2) is 48.7 Å². The van der Waals surface area contributed by atoms with Gasteiger partial charge in [0.1, 0.15) is 17.7 Å². The lowest BCUT2D eigenvalue weighted by molar-refractivity contribution is 0.392. The third-order valence-corrected chi connectivity index (χ3v) is 5.91. The number of nitrogens with zero attached hydrogens (tertiary/aromatic N) is 5. The van der Waals surface area contributed by atoms with Gasteiger partial charge in [0.05, 0.1) is 22.5 Å². The van der Waals surface area contributed by atoms with Crippen LogP contribution >= 0.6 is 0 Å². The minimum atomic E-state index is -0.539. The van der Waals surface area contributed by atoms with E-state index >= 15 is 0 Å². The number of aryl methyl sites for hydroxylation is 1. The second kappa shape index (κ2) is 8.44. The Hall–Kier alpha value is -3.70. The van der Waals surface area contributed by atoms with Gasteiger partial charge in [0.15, 0.2) is 0 Å². The standard InChI is InChI=1S/C24H24FN7/c1-31-15-19-9-20(6-7-22(19)29-31)32-23(17-4-5-18(12-26)21(25)10-17)11-24(30-32)28-14-16-3-2-8-27-13-16/h4-7,9-11,15-16,27H,2-3,8,13-14H2,1H3,(H,28,30). The summed E-state index contributed by atoms with van der Waals surface area (Å²) in [6.45, 7) is 2.91. The molecule has 2 N–H and O–H groups in total. The number of aromatic nitrogens is 4. The summed E-state index contributed by atoms with van der Waals surface area (Å²) in [5.74, 6) is 0.751. The van der Waals surface area contributed by atoms with Crippen LogP contribution in [-0.2, 0) is 7.05 Å². The summed E-state index contributed by atoms with van der Waals surface area (Å²) in [5, 5.41) is 26.2. The summed E-state index contributed by atoms with van der Waals surface area (Å²) in [6, 6.07) is 14.4. The van der Waals surface area contributed by atoms with E-state index in [0.717, 1.165) is 47.7 Å². The van der Waals surface area contributed by atoms with Crippen molar-refractivity contribution in [1.82, 2.24) is 24.9 Å². The average molecular weight is 430 g/mol. The molecule has 5 rings (SSSR count). The molecule has 0 radical (unpaired) electrons. The van der Waals surface area contributed by atoms with Gasteiger partial charge in [-0.25, -0.2) is 9.07 Å². The van der Waals surface area contributed by atoms with Crippen molar-refractivity contribution < 1.29 is 4.39 Å². The molecule has 2 aromatic heterocycles. The molecular formula is C24H24FN7. The smallest absolute Gasteiger partial charge is 0.149 e. The molecule has 7 nitrogen and oxygen atoms in total. The Bertz CT molecular complexity index is 1310. The zero-order valence-corrected chi connectivity index (χ0v) is 17.8. The lowest BCUT2D eigenvalue weighted by Crippen LogP contribution is -2.33. The fraction of sp³-hybridized carbons (Fsp3) is 0.292. The SMILES string of the molecule is Cn1cc2cc(-n3nc(NCC4CCCNC4)cc3-c3ccc(C#N)c(F)c3)ccc2n1. The van der Waals surface area contributed by atoms with Crippen LogP contribution in [0.5, 0.6) is 0 Å².